The fourth-order valence-corrected chi connectivity index (χ4v) is 0.913. The lowest BCUT2D eigenvalue weighted by Crippen LogP contribution is -2.16. The molecule has 1 nitrogen and oxygen atoms in total. The van der Waals surface area contributed by atoms with E-state index in [1.54, 1.807) is 0 Å². The Morgan fingerprint density at radius 2 is 2.45 bits per heavy atom. The maximum Gasteiger partial charge on any atom is 0.0446 e. The van der Waals surface area contributed by atoms with Gasteiger partial charge in [0.15, 0.2) is 0 Å². The lowest BCUT2D eigenvalue weighted by molar-refractivity contribution is 1.03. The molecule has 1 heteroatoms. The third kappa shape index (κ3) is 2.11. The number of nitrogens with zero attached hydrogens (tertiary/aromatic N) is 1. The molecule has 1 aromatic rings. The Bertz CT molecular complexity index is 216. The number of likely N-dealkylation sites (N-methyl/N-ethyl adjacent to an activating group) is 1. The van der Waals surface area contributed by atoms with Gasteiger partial charge in [-0.1, -0.05) is 24.3 Å². The smallest absolute Gasteiger partial charge is 0.0446 e. The first-order valence-corrected chi connectivity index (χ1v) is 3.63. The Labute approximate surface area is 68.0 Å². The summed E-state index contributed by atoms with van der Waals surface area (Å²) in [6, 6.07) is 11.0. The number of rotatable bonds is 3. The molecule has 0 aliphatic rings. The molecule has 57 valence electrons. The SMILES string of the molecule is C=CCN(C)c1[c]cccc1. The summed E-state index contributed by atoms with van der Waals surface area (Å²) in [5, 5.41) is 0. The van der Waals surface area contributed by atoms with E-state index in [0.29, 0.717) is 0 Å². The maximum absolute atomic E-state index is 3.67. The molecule has 0 saturated heterocycles. The highest BCUT2D eigenvalue weighted by molar-refractivity contribution is 5.44. The molecule has 0 amide bonds. The standard InChI is InChI=1S/C10H12N/c1-3-9-11(2)10-7-5-4-6-8-10/h3-7H,1,9H2,2H3. The van der Waals surface area contributed by atoms with Crippen LogP contribution in [0.4, 0.5) is 5.69 Å². The first-order valence-electron chi connectivity index (χ1n) is 3.63. The predicted molar refractivity (Wildman–Crippen MR) is 48.7 cm³/mol. The summed E-state index contributed by atoms with van der Waals surface area (Å²) >= 11 is 0. The van der Waals surface area contributed by atoms with Crippen molar-refractivity contribution in [3.05, 3.63) is 43.0 Å². The zero-order valence-corrected chi connectivity index (χ0v) is 6.75. The van der Waals surface area contributed by atoms with E-state index in [9.17, 15) is 0 Å². The topological polar surface area (TPSA) is 3.24 Å². The van der Waals surface area contributed by atoms with Gasteiger partial charge in [-0.15, -0.1) is 6.58 Å². The lowest BCUT2D eigenvalue weighted by atomic mass is 10.3. The van der Waals surface area contributed by atoms with E-state index in [2.05, 4.69) is 17.5 Å². The van der Waals surface area contributed by atoms with E-state index >= 15 is 0 Å². The molecule has 0 unspecified atom stereocenters. The number of hydrogen-bond acceptors (Lipinski definition) is 1. The lowest BCUT2D eigenvalue weighted by Gasteiger charge is -2.15. The van der Waals surface area contributed by atoms with E-state index in [0.717, 1.165) is 12.2 Å². The molecule has 0 N–H and O–H groups in total. The average Bonchev–Trinajstić information content (AvgIpc) is 2.07. The third-order valence-corrected chi connectivity index (χ3v) is 1.51. The van der Waals surface area contributed by atoms with Crippen molar-refractivity contribution >= 4 is 5.69 Å². The summed E-state index contributed by atoms with van der Waals surface area (Å²) in [4.78, 5) is 2.09. The van der Waals surface area contributed by atoms with Gasteiger partial charge in [0.1, 0.15) is 0 Å². The van der Waals surface area contributed by atoms with Gasteiger partial charge in [-0.2, -0.15) is 0 Å². The van der Waals surface area contributed by atoms with Crippen LogP contribution < -0.4 is 4.90 Å². The van der Waals surface area contributed by atoms with E-state index in [-0.39, 0.29) is 0 Å². The largest absolute Gasteiger partial charge is 0.370 e. The summed E-state index contributed by atoms with van der Waals surface area (Å²) in [5.74, 6) is 0. The highest BCUT2D eigenvalue weighted by Gasteiger charge is 1.94. The highest BCUT2D eigenvalue weighted by Crippen LogP contribution is 2.08. The number of anilines is 1. The van der Waals surface area contributed by atoms with Crippen LogP contribution in [0.15, 0.2) is 36.9 Å². The van der Waals surface area contributed by atoms with E-state index in [1.807, 2.05) is 37.4 Å². The normalized spacial score (nSPS) is 9.18. The molecule has 0 fully saturated rings. The molecular formula is C10H12N. The fourth-order valence-electron chi connectivity index (χ4n) is 0.913. The van der Waals surface area contributed by atoms with Crippen molar-refractivity contribution in [1.29, 1.82) is 0 Å². The number of benzene rings is 1. The van der Waals surface area contributed by atoms with Crippen LogP contribution >= 0.6 is 0 Å². The monoisotopic (exact) mass is 146 g/mol. The van der Waals surface area contributed by atoms with Crippen LogP contribution in [-0.4, -0.2) is 13.6 Å². The van der Waals surface area contributed by atoms with Crippen LogP contribution in [0.5, 0.6) is 0 Å². The second kappa shape index (κ2) is 3.81. The molecule has 0 heterocycles. The van der Waals surface area contributed by atoms with Gasteiger partial charge in [0.25, 0.3) is 0 Å². The molecule has 0 saturated carbocycles. The Morgan fingerprint density at radius 1 is 1.64 bits per heavy atom. The molecular weight excluding hydrogens is 134 g/mol. The van der Waals surface area contributed by atoms with Gasteiger partial charge in [0.2, 0.25) is 0 Å². The minimum Gasteiger partial charge on any atom is -0.370 e. The molecule has 0 aliphatic heterocycles. The van der Waals surface area contributed by atoms with Gasteiger partial charge in [-0.25, -0.2) is 0 Å². The summed E-state index contributed by atoms with van der Waals surface area (Å²) in [7, 11) is 2.02. The summed E-state index contributed by atoms with van der Waals surface area (Å²) in [6.45, 7) is 4.53. The Morgan fingerprint density at radius 3 is 3.00 bits per heavy atom. The molecule has 0 atom stereocenters. The van der Waals surface area contributed by atoms with Gasteiger partial charge in [0, 0.05) is 25.3 Å². The quantitative estimate of drug-likeness (QED) is 0.590. The van der Waals surface area contributed by atoms with Crippen molar-refractivity contribution in [2.75, 3.05) is 18.5 Å². The fraction of sp³-hybridized carbons (Fsp3) is 0.200. The molecule has 0 aliphatic carbocycles. The molecule has 1 rings (SSSR count). The van der Waals surface area contributed by atoms with Crippen LogP contribution in [0.1, 0.15) is 0 Å². The molecule has 0 bridgehead atoms. The van der Waals surface area contributed by atoms with E-state index in [1.165, 1.54) is 0 Å². The molecule has 1 aromatic carbocycles. The minimum absolute atomic E-state index is 0.862. The second-order valence-electron chi connectivity index (χ2n) is 2.42. The predicted octanol–water partition coefficient (Wildman–Crippen LogP) is 2.11. The van der Waals surface area contributed by atoms with Crippen molar-refractivity contribution in [1.82, 2.24) is 0 Å². The highest BCUT2D eigenvalue weighted by atomic mass is 15.1. The molecule has 0 aromatic heterocycles. The zero-order valence-electron chi connectivity index (χ0n) is 6.75. The van der Waals surface area contributed by atoms with E-state index < -0.39 is 0 Å². The minimum atomic E-state index is 0.862. The van der Waals surface area contributed by atoms with Gasteiger partial charge >= 0.3 is 0 Å². The average molecular weight is 146 g/mol. The molecule has 0 spiro atoms. The Kier molecular flexibility index (Phi) is 2.73. The van der Waals surface area contributed by atoms with Gasteiger partial charge in [0.05, 0.1) is 0 Å². The van der Waals surface area contributed by atoms with Crippen LogP contribution in [0.2, 0.25) is 0 Å². The van der Waals surface area contributed by atoms with Crippen molar-refractivity contribution in [2.24, 2.45) is 0 Å². The van der Waals surface area contributed by atoms with Gasteiger partial charge < -0.3 is 4.90 Å². The van der Waals surface area contributed by atoms with Crippen LogP contribution in [-0.2, 0) is 0 Å². The zero-order chi connectivity index (χ0) is 8.10. The van der Waals surface area contributed by atoms with Gasteiger partial charge in [-0.05, 0) is 6.07 Å². The molecule has 1 radical (unpaired) electrons. The summed E-state index contributed by atoms with van der Waals surface area (Å²) in [6.07, 6.45) is 1.88. The summed E-state index contributed by atoms with van der Waals surface area (Å²) < 4.78 is 0. The molecule has 11 heavy (non-hydrogen) atoms. The Hall–Kier alpha value is -1.24. The van der Waals surface area contributed by atoms with E-state index in [4.69, 9.17) is 0 Å². The van der Waals surface area contributed by atoms with Crippen LogP contribution in [0.25, 0.3) is 0 Å². The maximum atomic E-state index is 3.67. The van der Waals surface area contributed by atoms with Crippen molar-refractivity contribution < 1.29 is 0 Å². The van der Waals surface area contributed by atoms with Crippen LogP contribution in [0, 0.1) is 6.07 Å². The Balaban J connectivity index is 2.68. The van der Waals surface area contributed by atoms with Crippen molar-refractivity contribution in [3.8, 4) is 0 Å². The van der Waals surface area contributed by atoms with Gasteiger partial charge in [-0.3, -0.25) is 0 Å². The first kappa shape index (κ1) is 7.86. The number of hydrogen-bond donors (Lipinski definition) is 0. The van der Waals surface area contributed by atoms with Crippen LogP contribution in [0.3, 0.4) is 0 Å². The van der Waals surface area contributed by atoms with Crippen molar-refractivity contribution in [3.63, 3.8) is 0 Å². The second-order valence-corrected chi connectivity index (χ2v) is 2.42. The van der Waals surface area contributed by atoms with Crippen molar-refractivity contribution in [2.45, 2.75) is 0 Å². The summed E-state index contributed by atoms with van der Waals surface area (Å²) in [5.41, 5.74) is 1.10. The third-order valence-electron chi connectivity index (χ3n) is 1.51. The first-order chi connectivity index (χ1) is 5.34. The number of para-hydroxylation sites is 1.